The molecule has 5 heteroatoms. The van der Waals surface area contributed by atoms with Crippen molar-refractivity contribution in [3.8, 4) is 5.75 Å². The van der Waals surface area contributed by atoms with Gasteiger partial charge >= 0.3 is 0 Å². The third-order valence-electron chi connectivity index (χ3n) is 2.65. The first kappa shape index (κ1) is 10.1. The van der Waals surface area contributed by atoms with E-state index in [0.29, 0.717) is 22.0 Å². The summed E-state index contributed by atoms with van der Waals surface area (Å²) in [6.45, 7) is 0. The molecule has 0 fully saturated rings. The average molecular weight is 216 g/mol. The van der Waals surface area contributed by atoms with E-state index < -0.39 is 0 Å². The predicted octanol–water partition coefficient (Wildman–Crippen LogP) is 0.0762. The summed E-state index contributed by atoms with van der Waals surface area (Å²) in [4.78, 5) is 8.70. The van der Waals surface area contributed by atoms with Gasteiger partial charge in [0, 0.05) is 0 Å². The molecule has 0 saturated heterocycles. The van der Waals surface area contributed by atoms with Crippen molar-refractivity contribution in [1.29, 1.82) is 0 Å². The Labute approximate surface area is 100 Å². The van der Waals surface area contributed by atoms with Crippen LogP contribution in [0.3, 0.4) is 0 Å². The second-order valence-corrected chi connectivity index (χ2v) is 3.81. The first-order chi connectivity index (χ1) is 8.16. The lowest BCUT2D eigenvalue weighted by Crippen LogP contribution is -2.16. The monoisotopic (exact) mass is 216 g/mol. The Morgan fingerprint density at radius 3 is 2.12 bits per heavy atom. The number of aromatic nitrogens is 2. The van der Waals surface area contributed by atoms with Gasteiger partial charge in [0.05, 0.1) is 16.6 Å². The van der Waals surface area contributed by atoms with Gasteiger partial charge in [-0.2, -0.15) is 0 Å². The van der Waals surface area contributed by atoms with Gasteiger partial charge in [0.1, 0.15) is 27.0 Å². The Morgan fingerprint density at radius 2 is 1.47 bits per heavy atom. The van der Waals surface area contributed by atoms with Gasteiger partial charge in [0.15, 0.2) is 0 Å². The zero-order chi connectivity index (χ0) is 12.0. The molecular weight excluding hydrogens is 210 g/mol. The number of hydrogen-bond acceptors (Lipinski definition) is 3. The Hall–Kier alpha value is -2.03. The quantitative estimate of drug-likeness (QED) is 0.427. The number of phenols is 1. The molecule has 1 heterocycles. The van der Waals surface area contributed by atoms with E-state index in [9.17, 15) is 5.11 Å². The van der Waals surface area contributed by atoms with E-state index in [1.807, 2.05) is 24.3 Å². The van der Waals surface area contributed by atoms with E-state index in [-0.39, 0.29) is 11.2 Å². The first-order valence-corrected chi connectivity index (χ1v) is 5.10. The summed E-state index contributed by atoms with van der Waals surface area (Å²) in [5.74, 6) is -0.0764. The molecular formula is C12H6B2N2O. The zero-order valence-corrected chi connectivity index (χ0v) is 8.88. The predicted molar refractivity (Wildman–Crippen MR) is 69.5 cm³/mol. The normalized spacial score (nSPS) is 11.1. The largest absolute Gasteiger partial charge is 0.506 e. The summed E-state index contributed by atoms with van der Waals surface area (Å²) in [5, 5.41) is 9.86. The Morgan fingerprint density at radius 1 is 0.882 bits per heavy atom. The van der Waals surface area contributed by atoms with Gasteiger partial charge in [-0.1, -0.05) is 29.1 Å². The second-order valence-electron chi connectivity index (χ2n) is 3.81. The van der Waals surface area contributed by atoms with E-state index in [1.165, 1.54) is 6.07 Å². The molecule has 0 unspecified atom stereocenters. The van der Waals surface area contributed by atoms with Crippen LogP contribution < -0.4 is 10.9 Å². The van der Waals surface area contributed by atoms with Crippen molar-refractivity contribution in [1.82, 2.24) is 9.97 Å². The molecule has 0 spiro atoms. The maximum absolute atomic E-state index is 9.86. The third-order valence-corrected chi connectivity index (χ3v) is 2.65. The number of benzene rings is 2. The number of phenolic OH excluding ortho intramolecular Hbond substituents is 1. The van der Waals surface area contributed by atoms with Crippen LogP contribution in [0.15, 0.2) is 30.3 Å². The SMILES string of the molecule is [B]c1cc([B])c2nc3ccccc3nc2c1O. The van der Waals surface area contributed by atoms with Crippen LogP contribution in [0.5, 0.6) is 5.75 Å². The minimum atomic E-state index is -0.0764. The maximum atomic E-state index is 9.86. The van der Waals surface area contributed by atoms with Gasteiger partial charge in [-0.05, 0) is 12.1 Å². The van der Waals surface area contributed by atoms with Crippen LogP contribution in [-0.4, -0.2) is 30.8 Å². The number of nitrogens with zero attached hydrogens (tertiary/aromatic N) is 2. The molecule has 3 nitrogen and oxygen atoms in total. The van der Waals surface area contributed by atoms with E-state index in [2.05, 4.69) is 9.97 Å². The van der Waals surface area contributed by atoms with Crippen LogP contribution in [0, 0.1) is 0 Å². The van der Waals surface area contributed by atoms with Gasteiger partial charge in [-0.15, -0.1) is 0 Å². The summed E-state index contributed by atoms with van der Waals surface area (Å²) in [5.41, 5.74) is 2.85. The lowest BCUT2D eigenvalue weighted by Gasteiger charge is -2.08. The molecule has 2 aromatic carbocycles. The summed E-state index contributed by atoms with van der Waals surface area (Å²) in [6.07, 6.45) is 0. The van der Waals surface area contributed by atoms with Crippen molar-refractivity contribution in [3.05, 3.63) is 30.3 Å². The molecule has 0 aliphatic rings. The highest BCUT2D eigenvalue weighted by Gasteiger charge is 2.09. The van der Waals surface area contributed by atoms with Crippen LogP contribution in [0.25, 0.3) is 22.1 Å². The van der Waals surface area contributed by atoms with Gasteiger partial charge in [-0.25, -0.2) is 9.97 Å². The molecule has 3 aromatic rings. The molecule has 76 valence electrons. The number of hydrogen-bond donors (Lipinski definition) is 1. The Balaban J connectivity index is 2.56. The average Bonchev–Trinajstić information content (AvgIpc) is 2.34. The van der Waals surface area contributed by atoms with Gasteiger partial charge in [0.2, 0.25) is 0 Å². The summed E-state index contributed by atoms with van der Waals surface area (Å²) >= 11 is 0. The Kier molecular flexibility index (Phi) is 2.08. The summed E-state index contributed by atoms with van der Waals surface area (Å²) in [7, 11) is 11.5. The molecule has 0 bridgehead atoms. The van der Waals surface area contributed by atoms with Gasteiger partial charge in [0.25, 0.3) is 0 Å². The molecule has 1 aromatic heterocycles. The smallest absolute Gasteiger partial charge is 0.136 e. The first-order valence-electron chi connectivity index (χ1n) is 5.10. The fourth-order valence-corrected chi connectivity index (χ4v) is 1.81. The molecule has 17 heavy (non-hydrogen) atoms. The molecule has 4 radical (unpaired) electrons. The second kappa shape index (κ2) is 3.48. The lowest BCUT2D eigenvalue weighted by atomic mass is 9.85. The lowest BCUT2D eigenvalue weighted by molar-refractivity contribution is 0.484. The van der Waals surface area contributed by atoms with E-state index in [0.717, 1.165) is 5.52 Å². The molecule has 0 atom stereocenters. The van der Waals surface area contributed by atoms with Crippen LogP contribution in [0.2, 0.25) is 0 Å². The van der Waals surface area contributed by atoms with Crippen molar-refractivity contribution < 1.29 is 5.11 Å². The minimum absolute atomic E-state index is 0.0764. The van der Waals surface area contributed by atoms with Crippen LogP contribution in [0.4, 0.5) is 0 Å². The number of para-hydroxylation sites is 2. The van der Waals surface area contributed by atoms with Crippen molar-refractivity contribution in [2.75, 3.05) is 0 Å². The van der Waals surface area contributed by atoms with Crippen molar-refractivity contribution in [3.63, 3.8) is 0 Å². The standard InChI is InChI=1S/C12H6B2N2O/c13-6-5-7(14)12(17)11-10(6)15-8-3-1-2-4-9(8)16-11/h1-5,17H. The van der Waals surface area contributed by atoms with Crippen LogP contribution in [0.1, 0.15) is 0 Å². The highest BCUT2D eigenvalue weighted by atomic mass is 16.3. The summed E-state index contributed by atoms with van der Waals surface area (Å²) in [6, 6.07) is 8.88. The van der Waals surface area contributed by atoms with Crippen LogP contribution >= 0.6 is 0 Å². The highest BCUT2D eigenvalue weighted by Crippen LogP contribution is 2.20. The summed E-state index contributed by atoms with van der Waals surface area (Å²) < 4.78 is 0. The van der Waals surface area contributed by atoms with E-state index >= 15 is 0 Å². The number of rotatable bonds is 0. The molecule has 0 aliphatic carbocycles. The molecule has 3 rings (SSSR count). The Bertz CT molecular complexity index is 743. The fourth-order valence-electron chi connectivity index (χ4n) is 1.81. The molecule has 0 amide bonds. The van der Waals surface area contributed by atoms with Crippen LogP contribution in [-0.2, 0) is 0 Å². The van der Waals surface area contributed by atoms with Crippen molar-refractivity contribution in [2.24, 2.45) is 0 Å². The van der Waals surface area contributed by atoms with Gasteiger partial charge < -0.3 is 5.11 Å². The molecule has 0 saturated carbocycles. The van der Waals surface area contributed by atoms with Crippen molar-refractivity contribution >= 4 is 48.7 Å². The maximum Gasteiger partial charge on any atom is 0.136 e. The molecule has 0 aliphatic heterocycles. The minimum Gasteiger partial charge on any atom is -0.506 e. The number of fused-ring (bicyclic) bond motifs is 2. The van der Waals surface area contributed by atoms with E-state index in [4.69, 9.17) is 15.7 Å². The van der Waals surface area contributed by atoms with Crippen molar-refractivity contribution in [2.45, 2.75) is 0 Å². The fraction of sp³-hybridized carbons (Fsp3) is 0. The van der Waals surface area contributed by atoms with Gasteiger partial charge in [-0.3, -0.25) is 0 Å². The van der Waals surface area contributed by atoms with E-state index in [1.54, 1.807) is 0 Å². The number of aromatic hydroxyl groups is 1. The third kappa shape index (κ3) is 1.46. The zero-order valence-electron chi connectivity index (χ0n) is 8.88. The molecule has 1 N–H and O–H groups in total. The highest BCUT2D eigenvalue weighted by molar-refractivity contribution is 6.44. The topological polar surface area (TPSA) is 46.0 Å².